The van der Waals surface area contributed by atoms with Crippen LogP contribution in [0.5, 0.6) is 0 Å². The predicted molar refractivity (Wildman–Crippen MR) is 71.2 cm³/mol. The molecule has 1 aliphatic rings. The molecule has 0 amide bonds. The maximum absolute atomic E-state index is 5.88. The predicted octanol–water partition coefficient (Wildman–Crippen LogP) is 2.35. The Hall–Kier alpha value is -1.32. The summed E-state index contributed by atoms with van der Waals surface area (Å²) in [5, 5.41) is 0. The Labute approximate surface area is 103 Å². The van der Waals surface area contributed by atoms with Gasteiger partial charge in [0.15, 0.2) is 0 Å². The lowest BCUT2D eigenvalue weighted by molar-refractivity contribution is 0.398. The van der Waals surface area contributed by atoms with E-state index >= 15 is 0 Å². The molecule has 0 aromatic carbocycles. The van der Waals surface area contributed by atoms with Gasteiger partial charge in [-0.3, -0.25) is 0 Å². The Kier molecular flexibility index (Phi) is 2.98. The van der Waals surface area contributed by atoms with Crippen LogP contribution in [-0.4, -0.2) is 23.1 Å². The second kappa shape index (κ2) is 4.17. The molecule has 1 aliphatic carbocycles. The Morgan fingerprint density at radius 2 is 1.94 bits per heavy atom. The second-order valence-electron chi connectivity index (χ2n) is 5.92. The number of nitrogen functional groups attached to an aromatic ring is 1. The van der Waals surface area contributed by atoms with E-state index in [2.05, 4.69) is 42.7 Å². The van der Waals surface area contributed by atoms with Gasteiger partial charge in [-0.2, -0.15) is 0 Å². The third-order valence-electron chi connectivity index (χ3n) is 3.39. The minimum absolute atomic E-state index is 0.0649. The first-order chi connectivity index (χ1) is 7.88. The molecular weight excluding hydrogens is 212 g/mol. The minimum atomic E-state index is -0.0649. The van der Waals surface area contributed by atoms with Crippen molar-refractivity contribution in [1.29, 1.82) is 0 Å². The minimum Gasteiger partial charge on any atom is -0.384 e. The third kappa shape index (κ3) is 2.51. The molecule has 0 aliphatic heterocycles. The van der Waals surface area contributed by atoms with Crippen molar-refractivity contribution in [3.05, 3.63) is 11.9 Å². The summed E-state index contributed by atoms with van der Waals surface area (Å²) < 4.78 is 0. The fraction of sp³-hybridized carbons (Fsp3) is 0.692. The highest BCUT2D eigenvalue weighted by Crippen LogP contribution is 2.29. The molecule has 0 atom stereocenters. The lowest BCUT2D eigenvalue weighted by Crippen LogP contribution is -2.38. The van der Waals surface area contributed by atoms with E-state index in [1.54, 1.807) is 0 Å². The van der Waals surface area contributed by atoms with Crippen LogP contribution in [0.2, 0.25) is 0 Å². The molecule has 1 saturated carbocycles. The molecule has 4 nitrogen and oxygen atoms in total. The van der Waals surface area contributed by atoms with E-state index in [0.717, 1.165) is 11.6 Å². The van der Waals surface area contributed by atoms with Crippen LogP contribution in [0.15, 0.2) is 6.07 Å². The highest BCUT2D eigenvalue weighted by atomic mass is 15.2. The maximum atomic E-state index is 5.88. The maximum Gasteiger partial charge on any atom is 0.138 e. The lowest BCUT2D eigenvalue weighted by Gasteiger charge is -2.36. The second-order valence-corrected chi connectivity index (χ2v) is 5.92. The van der Waals surface area contributed by atoms with Crippen LogP contribution in [0.4, 0.5) is 11.6 Å². The Morgan fingerprint density at radius 3 is 2.41 bits per heavy atom. The van der Waals surface area contributed by atoms with Gasteiger partial charge in [-0.25, -0.2) is 9.97 Å². The number of aromatic nitrogens is 2. The van der Waals surface area contributed by atoms with Crippen LogP contribution in [0, 0.1) is 0 Å². The van der Waals surface area contributed by atoms with Crippen molar-refractivity contribution in [3.63, 3.8) is 0 Å². The molecule has 1 heterocycles. The molecule has 94 valence electrons. The van der Waals surface area contributed by atoms with E-state index in [1.807, 2.05) is 6.07 Å². The average molecular weight is 234 g/mol. The van der Waals surface area contributed by atoms with Gasteiger partial charge >= 0.3 is 0 Å². The first-order valence-corrected chi connectivity index (χ1v) is 6.26. The summed E-state index contributed by atoms with van der Waals surface area (Å²) in [6.07, 6.45) is 3.83. The van der Waals surface area contributed by atoms with E-state index in [0.29, 0.717) is 11.9 Å². The van der Waals surface area contributed by atoms with Gasteiger partial charge in [0.2, 0.25) is 0 Å². The molecule has 0 spiro atoms. The van der Waals surface area contributed by atoms with Gasteiger partial charge in [0.1, 0.15) is 17.5 Å². The van der Waals surface area contributed by atoms with E-state index in [4.69, 9.17) is 5.73 Å². The third-order valence-corrected chi connectivity index (χ3v) is 3.39. The van der Waals surface area contributed by atoms with Gasteiger partial charge < -0.3 is 10.6 Å². The first-order valence-electron chi connectivity index (χ1n) is 6.26. The number of nitrogens with two attached hydrogens (primary N) is 1. The molecule has 1 aromatic rings. The van der Waals surface area contributed by atoms with Crippen molar-refractivity contribution < 1.29 is 0 Å². The number of hydrogen-bond donors (Lipinski definition) is 1. The zero-order valence-corrected chi connectivity index (χ0v) is 11.2. The topological polar surface area (TPSA) is 55.0 Å². The Morgan fingerprint density at radius 1 is 1.29 bits per heavy atom. The molecule has 0 unspecified atom stereocenters. The molecule has 0 saturated heterocycles. The van der Waals surface area contributed by atoms with E-state index in [1.165, 1.54) is 19.3 Å². The summed E-state index contributed by atoms with van der Waals surface area (Å²) in [5.41, 5.74) is 5.81. The number of anilines is 2. The molecule has 2 rings (SSSR count). The summed E-state index contributed by atoms with van der Waals surface area (Å²) in [5.74, 6) is 2.33. The average Bonchev–Trinajstić information content (AvgIpc) is 2.12. The molecular formula is C13H22N4. The van der Waals surface area contributed by atoms with Gasteiger partial charge in [0.05, 0.1) is 0 Å². The van der Waals surface area contributed by atoms with Crippen molar-refractivity contribution in [1.82, 2.24) is 9.97 Å². The van der Waals surface area contributed by atoms with Gasteiger partial charge in [-0.15, -0.1) is 0 Å². The zero-order valence-electron chi connectivity index (χ0n) is 11.2. The van der Waals surface area contributed by atoms with Crippen molar-refractivity contribution >= 4 is 11.6 Å². The Balaban J connectivity index is 2.30. The zero-order chi connectivity index (χ0) is 12.6. The first kappa shape index (κ1) is 12.1. The van der Waals surface area contributed by atoms with Crippen molar-refractivity contribution in [2.75, 3.05) is 17.7 Å². The monoisotopic (exact) mass is 234 g/mol. The van der Waals surface area contributed by atoms with Crippen LogP contribution >= 0.6 is 0 Å². The summed E-state index contributed by atoms with van der Waals surface area (Å²) in [7, 11) is 2.10. The van der Waals surface area contributed by atoms with Gasteiger partial charge in [0, 0.05) is 24.6 Å². The van der Waals surface area contributed by atoms with E-state index in [-0.39, 0.29) is 5.41 Å². The number of hydrogen-bond acceptors (Lipinski definition) is 4. The van der Waals surface area contributed by atoms with Crippen LogP contribution < -0.4 is 10.6 Å². The van der Waals surface area contributed by atoms with Crippen LogP contribution in [0.25, 0.3) is 0 Å². The van der Waals surface area contributed by atoms with Crippen molar-refractivity contribution in [2.45, 2.75) is 51.5 Å². The normalized spacial score (nSPS) is 16.7. The molecule has 17 heavy (non-hydrogen) atoms. The smallest absolute Gasteiger partial charge is 0.138 e. The quantitative estimate of drug-likeness (QED) is 0.853. The molecule has 0 radical (unpaired) electrons. The summed E-state index contributed by atoms with van der Waals surface area (Å²) >= 11 is 0. The molecule has 1 fully saturated rings. The summed E-state index contributed by atoms with van der Waals surface area (Å²) in [6, 6.07) is 2.49. The molecule has 2 N–H and O–H groups in total. The Bertz CT molecular complexity index is 404. The highest BCUT2D eigenvalue weighted by Gasteiger charge is 2.25. The van der Waals surface area contributed by atoms with Gasteiger partial charge in [-0.1, -0.05) is 20.8 Å². The van der Waals surface area contributed by atoms with Crippen LogP contribution in [-0.2, 0) is 5.41 Å². The highest BCUT2D eigenvalue weighted by molar-refractivity contribution is 5.48. The number of rotatable bonds is 2. The van der Waals surface area contributed by atoms with E-state index in [9.17, 15) is 0 Å². The van der Waals surface area contributed by atoms with Gasteiger partial charge in [-0.05, 0) is 19.3 Å². The summed E-state index contributed by atoms with van der Waals surface area (Å²) in [4.78, 5) is 11.2. The largest absolute Gasteiger partial charge is 0.384 e. The van der Waals surface area contributed by atoms with Crippen LogP contribution in [0.1, 0.15) is 45.9 Å². The lowest BCUT2D eigenvalue weighted by atomic mass is 9.92. The molecule has 0 bridgehead atoms. The fourth-order valence-electron chi connectivity index (χ4n) is 1.93. The molecule has 1 aromatic heterocycles. The SMILES string of the molecule is CN(c1cc(N)nc(C(C)(C)C)n1)C1CCC1. The van der Waals surface area contributed by atoms with Crippen LogP contribution in [0.3, 0.4) is 0 Å². The summed E-state index contributed by atoms with van der Waals surface area (Å²) in [6.45, 7) is 6.32. The van der Waals surface area contributed by atoms with Gasteiger partial charge in [0.25, 0.3) is 0 Å². The fourth-order valence-corrected chi connectivity index (χ4v) is 1.93. The van der Waals surface area contributed by atoms with Crippen molar-refractivity contribution in [3.8, 4) is 0 Å². The molecule has 4 heteroatoms. The van der Waals surface area contributed by atoms with E-state index < -0.39 is 0 Å². The number of nitrogens with zero attached hydrogens (tertiary/aromatic N) is 3. The standard InChI is InChI=1S/C13H22N4/c1-13(2,3)12-15-10(14)8-11(16-12)17(4)9-6-5-7-9/h8-9H,5-7H2,1-4H3,(H2,14,15,16). The van der Waals surface area contributed by atoms with Crippen molar-refractivity contribution in [2.24, 2.45) is 0 Å².